The van der Waals surface area contributed by atoms with Crippen LogP contribution in [0, 0.1) is 13.8 Å². The second kappa shape index (κ2) is 11.8. The lowest BCUT2D eigenvalue weighted by molar-refractivity contribution is -0.139. The van der Waals surface area contributed by atoms with E-state index in [9.17, 15) is 19.5 Å². The number of thiazole rings is 1. The Morgan fingerprint density at radius 1 is 1.05 bits per heavy atom. The van der Waals surface area contributed by atoms with Crippen molar-refractivity contribution in [2.75, 3.05) is 20.8 Å². The summed E-state index contributed by atoms with van der Waals surface area (Å²) in [4.78, 5) is 43.8. The second-order valence-corrected chi connectivity index (χ2v) is 10.9. The number of methoxy groups -OCH3 is 2. The zero-order valence-corrected chi connectivity index (χ0v) is 25.4. The Hall–Kier alpha value is -4.90. The summed E-state index contributed by atoms with van der Waals surface area (Å²) in [5, 5.41) is 9.26. The van der Waals surface area contributed by atoms with Gasteiger partial charge in [0, 0.05) is 22.6 Å². The third-order valence-corrected chi connectivity index (χ3v) is 8.36. The van der Waals surface area contributed by atoms with E-state index in [1.54, 1.807) is 63.4 Å². The van der Waals surface area contributed by atoms with Gasteiger partial charge in [-0.1, -0.05) is 11.3 Å². The highest BCUT2D eigenvalue weighted by Crippen LogP contribution is 2.37. The van der Waals surface area contributed by atoms with Crippen molar-refractivity contribution in [3.8, 4) is 17.2 Å². The molecule has 43 heavy (non-hydrogen) atoms. The van der Waals surface area contributed by atoms with Crippen molar-refractivity contribution in [1.82, 2.24) is 9.13 Å². The van der Waals surface area contributed by atoms with Gasteiger partial charge in [-0.15, -0.1) is 0 Å². The average Bonchev–Trinajstić information content (AvgIpc) is 3.45. The van der Waals surface area contributed by atoms with Crippen LogP contribution in [0.25, 0.3) is 11.8 Å². The van der Waals surface area contributed by atoms with Gasteiger partial charge in [0.1, 0.15) is 17.5 Å². The molecule has 4 aromatic rings. The quantitative estimate of drug-likeness (QED) is 0.304. The number of carbonyl (C=O) groups is 2. The van der Waals surface area contributed by atoms with Gasteiger partial charge >= 0.3 is 11.9 Å². The molecule has 1 aliphatic heterocycles. The Kier molecular flexibility index (Phi) is 8.10. The fourth-order valence-electron chi connectivity index (χ4n) is 5.36. The number of allylic oxidation sites excluding steroid dienone is 1. The first-order chi connectivity index (χ1) is 20.6. The Morgan fingerprint density at radius 2 is 1.77 bits per heavy atom. The summed E-state index contributed by atoms with van der Waals surface area (Å²) in [6, 6.07) is 13.0. The molecule has 1 atom stereocenters. The fourth-order valence-corrected chi connectivity index (χ4v) is 6.40. The Bertz CT molecular complexity index is 1960. The van der Waals surface area contributed by atoms with Crippen molar-refractivity contribution in [3.63, 3.8) is 0 Å². The number of nitrogens with zero attached hydrogens (tertiary/aromatic N) is 3. The molecule has 10 nitrogen and oxygen atoms in total. The van der Waals surface area contributed by atoms with Crippen LogP contribution in [0.1, 0.15) is 52.8 Å². The molecule has 0 fully saturated rings. The summed E-state index contributed by atoms with van der Waals surface area (Å²) >= 11 is 1.23. The third kappa shape index (κ3) is 5.27. The molecule has 0 radical (unpaired) electrons. The van der Waals surface area contributed by atoms with Crippen LogP contribution in [0.5, 0.6) is 11.5 Å². The van der Waals surface area contributed by atoms with Gasteiger partial charge in [-0.05, 0) is 87.9 Å². The van der Waals surface area contributed by atoms with Gasteiger partial charge in [-0.25, -0.2) is 14.6 Å². The number of benzene rings is 2. The summed E-state index contributed by atoms with van der Waals surface area (Å²) in [7, 11) is 3.07. The van der Waals surface area contributed by atoms with Gasteiger partial charge in [0.25, 0.3) is 5.56 Å². The van der Waals surface area contributed by atoms with Crippen molar-refractivity contribution in [2.24, 2.45) is 4.99 Å². The normalized spacial score (nSPS) is 14.7. The van der Waals surface area contributed by atoms with E-state index in [2.05, 4.69) is 4.99 Å². The molecule has 0 bridgehead atoms. The van der Waals surface area contributed by atoms with E-state index in [1.165, 1.54) is 23.0 Å². The van der Waals surface area contributed by atoms with Gasteiger partial charge in [0.05, 0.1) is 42.2 Å². The smallest absolute Gasteiger partial charge is 0.338 e. The van der Waals surface area contributed by atoms with Gasteiger partial charge in [0.2, 0.25) is 0 Å². The average molecular weight is 602 g/mol. The molecule has 3 heterocycles. The highest BCUT2D eigenvalue weighted by molar-refractivity contribution is 7.07. The molecule has 0 aliphatic carbocycles. The maximum Gasteiger partial charge on any atom is 0.338 e. The lowest BCUT2D eigenvalue weighted by Gasteiger charge is -2.26. The molecule has 5 rings (SSSR count). The molecule has 1 N–H and O–H groups in total. The largest absolute Gasteiger partial charge is 0.497 e. The summed E-state index contributed by atoms with van der Waals surface area (Å²) in [6.07, 6.45) is 1.82. The van der Waals surface area contributed by atoms with E-state index in [-0.39, 0.29) is 23.3 Å². The first kappa shape index (κ1) is 29.6. The standard InChI is InChI=1S/C32H31N3O7S/c1-7-42-31(39)27-18(3)33-32-35(28(27)24-16-23(40-5)12-13-25(24)41-6)29(36)26(43-32)15-21-14-17(2)34(19(21)4)22-10-8-20(9-11-22)30(37)38/h8-16,28H,7H2,1-6H3,(H,37,38)/b26-15-. The molecular weight excluding hydrogens is 570 g/mol. The highest BCUT2D eigenvalue weighted by atomic mass is 32.1. The number of carboxylic acid groups (broad SMARTS) is 1. The Morgan fingerprint density at radius 3 is 2.40 bits per heavy atom. The van der Waals surface area contributed by atoms with Crippen LogP contribution in [0.3, 0.4) is 0 Å². The Balaban J connectivity index is 1.70. The van der Waals surface area contributed by atoms with Crippen molar-refractivity contribution in [2.45, 2.75) is 33.7 Å². The number of aromatic carboxylic acids is 1. The van der Waals surface area contributed by atoms with E-state index in [1.807, 2.05) is 30.6 Å². The lowest BCUT2D eigenvalue weighted by atomic mass is 9.94. The number of hydrogen-bond acceptors (Lipinski definition) is 8. The molecule has 1 aliphatic rings. The number of ether oxygens (including phenoxy) is 3. The number of rotatable bonds is 8. The molecule has 0 amide bonds. The predicted octanol–water partition coefficient (Wildman–Crippen LogP) is 3.92. The number of hydrogen-bond donors (Lipinski definition) is 1. The zero-order valence-electron chi connectivity index (χ0n) is 24.6. The van der Waals surface area contributed by atoms with E-state index in [0.717, 1.165) is 22.6 Å². The van der Waals surface area contributed by atoms with Crippen LogP contribution in [0.4, 0.5) is 0 Å². The topological polar surface area (TPSA) is 121 Å². The van der Waals surface area contributed by atoms with Crippen LogP contribution in [-0.4, -0.2) is 47.0 Å². The number of carbonyl (C=O) groups excluding carboxylic acids is 1. The van der Waals surface area contributed by atoms with Crippen LogP contribution in [0.15, 0.2) is 69.6 Å². The highest BCUT2D eigenvalue weighted by Gasteiger charge is 2.35. The SMILES string of the molecule is CCOC(=O)C1=C(C)N=c2s/c(=C\c3cc(C)n(-c4ccc(C(=O)O)cc4)c3C)c(=O)n2C1c1cc(OC)ccc1OC. The molecule has 2 aromatic carbocycles. The molecule has 222 valence electrons. The lowest BCUT2D eigenvalue weighted by Crippen LogP contribution is -2.40. The minimum absolute atomic E-state index is 0.163. The first-order valence-corrected chi connectivity index (χ1v) is 14.4. The predicted molar refractivity (Wildman–Crippen MR) is 162 cm³/mol. The molecule has 2 aromatic heterocycles. The van der Waals surface area contributed by atoms with Gasteiger partial charge in [-0.2, -0.15) is 0 Å². The number of carboxylic acids is 1. The number of aromatic nitrogens is 2. The van der Waals surface area contributed by atoms with Gasteiger partial charge in [0.15, 0.2) is 4.80 Å². The molecule has 0 saturated carbocycles. The summed E-state index contributed by atoms with van der Waals surface area (Å²) < 4.78 is 20.5. The van der Waals surface area contributed by atoms with Crippen molar-refractivity contribution in [1.29, 1.82) is 0 Å². The summed E-state index contributed by atoms with van der Waals surface area (Å²) in [6.45, 7) is 7.50. The second-order valence-electron chi connectivity index (χ2n) is 9.92. The van der Waals surface area contributed by atoms with Crippen LogP contribution in [0.2, 0.25) is 0 Å². The molecular formula is C32H31N3O7S. The van der Waals surface area contributed by atoms with Crippen molar-refractivity contribution in [3.05, 3.63) is 108 Å². The minimum Gasteiger partial charge on any atom is -0.497 e. The number of esters is 1. The Labute approximate surface area is 251 Å². The summed E-state index contributed by atoms with van der Waals surface area (Å²) in [5.41, 5.74) is 4.56. The van der Waals surface area contributed by atoms with Crippen LogP contribution < -0.4 is 24.4 Å². The van der Waals surface area contributed by atoms with E-state index in [0.29, 0.717) is 32.1 Å². The van der Waals surface area contributed by atoms with Crippen molar-refractivity contribution < 1.29 is 28.9 Å². The molecule has 0 spiro atoms. The van der Waals surface area contributed by atoms with Crippen molar-refractivity contribution >= 4 is 29.4 Å². The zero-order chi connectivity index (χ0) is 31.0. The first-order valence-electron chi connectivity index (χ1n) is 13.5. The molecule has 11 heteroatoms. The van der Waals surface area contributed by atoms with Gasteiger partial charge < -0.3 is 23.9 Å². The third-order valence-electron chi connectivity index (χ3n) is 7.38. The maximum absolute atomic E-state index is 14.1. The fraction of sp³-hybridized carbons (Fsp3) is 0.250. The number of aryl methyl sites for hydroxylation is 1. The van der Waals surface area contributed by atoms with E-state index >= 15 is 0 Å². The molecule has 0 saturated heterocycles. The van der Waals surface area contributed by atoms with E-state index in [4.69, 9.17) is 14.2 Å². The minimum atomic E-state index is -0.991. The maximum atomic E-state index is 14.1. The summed E-state index contributed by atoms with van der Waals surface area (Å²) in [5.74, 6) is -0.533. The number of fused-ring (bicyclic) bond motifs is 1. The van der Waals surface area contributed by atoms with Crippen LogP contribution in [-0.2, 0) is 9.53 Å². The van der Waals surface area contributed by atoms with E-state index < -0.39 is 18.0 Å². The van der Waals surface area contributed by atoms with Gasteiger partial charge in [-0.3, -0.25) is 9.36 Å². The monoisotopic (exact) mass is 601 g/mol. The molecule has 1 unspecified atom stereocenters. The van der Waals surface area contributed by atoms with Crippen LogP contribution >= 0.6 is 11.3 Å².